The highest BCUT2D eigenvalue weighted by molar-refractivity contribution is 7.07. The van der Waals surface area contributed by atoms with Gasteiger partial charge in [-0.05, 0) is 39.3 Å². The van der Waals surface area contributed by atoms with Crippen molar-refractivity contribution in [2.45, 2.75) is 33.7 Å². The molecule has 0 aliphatic carbocycles. The number of allylic oxidation sites excluding steroid dienone is 1. The third-order valence-corrected chi connectivity index (χ3v) is 7.41. The number of aryl methyl sites for hydroxylation is 1. The molecule has 35 heavy (non-hydrogen) atoms. The fourth-order valence-electron chi connectivity index (χ4n) is 4.72. The van der Waals surface area contributed by atoms with Crippen molar-refractivity contribution >= 4 is 34.5 Å². The third kappa shape index (κ3) is 3.56. The second-order valence-electron chi connectivity index (χ2n) is 8.48. The summed E-state index contributed by atoms with van der Waals surface area (Å²) in [5, 5.41) is 0. The van der Waals surface area contributed by atoms with Crippen LogP contribution in [0, 0.1) is 6.92 Å². The molecule has 0 N–H and O–H groups in total. The van der Waals surface area contributed by atoms with E-state index in [-0.39, 0.29) is 18.1 Å². The quantitative estimate of drug-likeness (QED) is 0.530. The molecule has 0 spiro atoms. The minimum absolute atomic E-state index is 0.202. The Kier molecular flexibility index (Phi) is 5.76. The maximum Gasteiger partial charge on any atom is 0.338 e. The lowest BCUT2D eigenvalue weighted by molar-refractivity contribution is -0.139. The molecule has 0 unspecified atom stereocenters. The van der Waals surface area contributed by atoms with E-state index in [1.807, 2.05) is 62.4 Å². The van der Waals surface area contributed by atoms with E-state index < -0.39 is 12.0 Å². The summed E-state index contributed by atoms with van der Waals surface area (Å²) in [5.41, 5.74) is 4.23. The summed E-state index contributed by atoms with van der Waals surface area (Å²) in [6.45, 7) is 8.09. The fourth-order valence-corrected chi connectivity index (χ4v) is 5.86. The Balaban J connectivity index is 1.83. The van der Waals surface area contributed by atoms with Crippen molar-refractivity contribution in [3.05, 3.63) is 96.2 Å². The molecule has 1 aromatic heterocycles. The first-order valence-corrected chi connectivity index (χ1v) is 12.4. The van der Waals surface area contributed by atoms with Gasteiger partial charge in [-0.3, -0.25) is 14.2 Å². The van der Waals surface area contributed by atoms with Gasteiger partial charge in [0, 0.05) is 12.1 Å². The Hall–Kier alpha value is -3.78. The van der Waals surface area contributed by atoms with Gasteiger partial charge in [-0.15, -0.1) is 0 Å². The molecule has 8 heteroatoms. The lowest BCUT2D eigenvalue weighted by atomic mass is 9.95. The molecule has 0 radical (unpaired) electrons. The number of likely N-dealkylation sites (N-methyl/N-ethyl adjacent to an activating group) is 1. The zero-order valence-corrected chi connectivity index (χ0v) is 20.8. The number of anilines is 1. The van der Waals surface area contributed by atoms with Crippen molar-refractivity contribution in [1.82, 2.24) is 4.57 Å². The van der Waals surface area contributed by atoms with Gasteiger partial charge >= 0.3 is 5.97 Å². The number of hydrogen-bond donors (Lipinski definition) is 0. The van der Waals surface area contributed by atoms with Gasteiger partial charge in [0.2, 0.25) is 0 Å². The Morgan fingerprint density at radius 2 is 1.77 bits per heavy atom. The second kappa shape index (κ2) is 8.78. The van der Waals surface area contributed by atoms with Gasteiger partial charge in [0.25, 0.3) is 11.5 Å². The van der Waals surface area contributed by atoms with Crippen LogP contribution >= 0.6 is 11.3 Å². The van der Waals surface area contributed by atoms with E-state index in [0.29, 0.717) is 32.7 Å². The normalized spacial score (nSPS) is 18.3. The molecule has 3 heterocycles. The molecule has 2 aromatic carbocycles. The van der Waals surface area contributed by atoms with Crippen molar-refractivity contribution in [3.8, 4) is 0 Å². The minimum atomic E-state index is -0.700. The average molecular weight is 488 g/mol. The van der Waals surface area contributed by atoms with Gasteiger partial charge in [0.05, 0.1) is 35.2 Å². The number of benzene rings is 2. The van der Waals surface area contributed by atoms with Crippen LogP contribution in [0.15, 0.2) is 69.6 Å². The SMILES string of the molecule is CCOC(=O)C1=C(C)N=c2s/c(=C3\C(=O)N(CC)c4ccccc43)c(=O)n2[C@H]1c1ccc(C)cc1. The number of aromatic nitrogens is 1. The molecule has 3 aromatic rings. The van der Waals surface area contributed by atoms with E-state index in [1.54, 1.807) is 18.7 Å². The summed E-state index contributed by atoms with van der Waals surface area (Å²) < 4.78 is 7.20. The number of para-hydroxylation sites is 1. The zero-order chi connectivity index (χ0) is 24.9. The van der Waals surface area contributed by atoms with Crippen LogP contribution in [0.25, 0.3) is 5.57 Å². The molecule has 0 bridgehead atoms. The fraction of sp³-hybridized carbons (Fsp3) is 0.259. The number of fused-ring (bicyclic) bond motifs is 2. The highest BCUT2D eigenvalue weighted by Gasteiger charge is 2.36. The molecule has 178 valence electrons. The summed E-state index contributed by atoms with van der Waals surface area (Å²) in [7, 11) is 0. The van der Waals surface area contributed by atoms with Gasteiger partial charge < -0.3 is 9.64 Å². The van der Waals surface area contributed by atoms with Crippen LogP contribution in [-0.4, -0.2) is 29.6 Å². The van der Waals surface area contributed by atoms with Gasteiger partial charge in [0.15, 0.2) is 4.80 Å². The summed E-state index contributed by atoms with van der Waals surface area (Å²) in [5.74, 6) is -0.705. The maximum atomic E-state index is 14.0. The first-order valence-electron chi connectivity index (χ1n) is 11.6. The summed E-state index contributed by atoms with van der Waals surface area (Å²) in [6.07, 6.45) is 0. The van der Waals surface area contributed by atoms with Crippen LogP contribution in [0.1, 0.15) is 43.5 Å². The number of nitrogens with zero attached hydrogens (tertiary/aromatic N) is 3. The molecule has 2 aliphatic heterocycles. The van der Waals surface area contributed by atoms with Crippen LogP contribution < -0.4 is 19.8 Å². The van der Waals surface area contributed by atoms with Gasteiger partial charge in [-0.1, -0.05) is 59.4 Å². The van der Waals surface area contributed by atoms with Crippen LogP contribution in [-0.2, 0) is 14.3 Å². The molecule has 1 amide bonds. The molecule has 0 saturated carbocycles. The lowest BCUT2D eigenvalue weighted by Gasteiger charge is -2.24. The Morgan fingerprint density at radius 1 is 1.06 bits per heavy atom. The number of ether oxygens (including phenoxy) is 1. The molecule has 5 rings (SSSR count). The molecule has 0 fully saturated rings. The highest BCUT2D eigenvalue weighted by Crippen LogP contribution is 2.35. The first kappa shape index (κ1) is 23.0. The van der Waals surface area contributed by atoms with E-state index >= 15 is 0 Å². The standard InChI is InChI=1S/C27H25N3O4S/c1-5-29-19-10-8-7-9-18(19)21(24(29)31)23-25(32)30-22(17-13-11-15(3)12-14-17)20(26(33)34-6-2)16(4)28-27(30)35-23/h7-14,22H,5-6H2,1-4H3/b23-21-/t22-/m0/s1. The van der Waals surface area contributed by atoms with Crippen molar-refractivity contribution in [1.29, 1.82) is 0 Å². The van der Waals surface area contributed by atoms with Crippen molar-refractivity contribution in [2.24, 2.45) is 4.99 Å². The molecular formula is C27H25N3O4S. The number of thiazole rings is 1. The predicted octanol–water partition coefficient (Wildman–Crippen LogP) is 2.84. The average Bonchev–Trinajstić information content (AvgIpc) is 3.31. The number of rotatable bonds is 4. The largest absolute Gasteiger partial charge is 0.463 e. The summed E-state index contributed by atoms with van der Waals surface area (Å²) in [4.78, 5) is 47.2. The molecule has 7 nitrogen and oxygen atoms in total. The van der Waals surface area contributed by atoms with Crippen LogP contribution in [0.3, 0.4) is 0 Å². The van der Waals surface area contributed by atoms with Crippen LogP contribution in [0.2, 0.25) is 0 Å². The Labute approximate surface area is 206 Å². The van der Waals surface area contributed by atoms with Gasteiger partial charge in [-0.25, -0.2) is 9.79 Å². The monoisotopic (exact) mass is 487 g/mol. The molecule has 1 atom stereocenters. The Bertz CT molecular complexity index is 1580. The lowest BCUT2D eigenvalue weighted by Crippen LogP contribution is -2.41. The molecular weight excluding hydrogens is 462 g/mol. The van der Waals surface area contributed by atoms with E-state index in [0.717, 1.165) is 22.4 Å². The smallest absolute Gasteiger partial charge is 0.338 e. The van der Waals surface area contributed by atoms with Crippen LogP contribution in [0.4, 0.5) is 5.69 Å². The van der Waals surface area contributed by atoms with Crippen molar-refractivity contribution in [3.63, 3.8) is 0 Å². The number of carbonyl (C=O) groups excluding carboxylic acids is 2. The number of hydrogen-bond acceptors (Lipinski definition) is 6. The number of esters is 1. The van der Waals surface area contributed by atoms with Gasteiger partial charge in [-0.2, -0.15) is 0 Å². The second-order valence-corrected chi connectivity index (χ2v) is 9.45. The number of amides is 1. The summed E-state index contributed by atoms with van der Waals surface area (Å²) in [6, 6.07) is 14.5. The van der Waals surface area contributed by atoms with Gasteiger partial charge in [0.1, 0.15) is 4.53 Å². The molecule has 2 aliphatic rings. The van der Waals surface area contributed by atoms with E-state index in [9.17, 15) is 14.4 Å². The van der Waals surface area contributed by atoms with Crippen molar-refractivity contribution in [2.75, 3.05) is 18.1 Å². The zero-order valence-electron chi connectivity index (χ0n) is 20.0. The predicted molar refractivity (Wildman–Crippen MR) is 135 cm³/mol. The topological polar surface area (TPSA) is 81.0 Å². The van der Waals surface area contributed by atoms with E-state index in [2.05, 4.69) is 4.99 Å². The van der Waals surface area contributed by atoms with E-state index in [4.69, 9.17) is 4.74 Å². The minimum Gasteiger partial charge on any atom is -0.463 e. The van der Waals surface area contributed by atoms with Crippen molar-refractivity contribution < 1.29 is 14.3 Å². The Morgan fingerprint density at radius 3 is 2.46 bits per heavy atom. The summed E-state index contributed by atoms with van der Waals surface area (Å²) >= 11 is 1.18. The number of carbonyl (C=O) groups is 2. The maximum absolute atomic E-state index is 14.0. The highest BCUT2D eigenvalue weighted by atomic mass is 32.1. The molecule has 0 saturated heterocycles. The van der Waals surface area contributed by atoms with E-state index in [1.165, 1.54) is 15.9 Å². The van der Waals surface area contributed by atoms with Crippen LogP contribution in [0.5, 0.6) is 0 Å². The first-order chi connectivity index (χ1) is 16.9. The third-order valence-electron chi connectivity index (χ3n) is 6.35.